The highest BCUT2D eigenvalue weighted by atomic mass is 19.1. The second-order valence-electron chi connectivity index (χ2n) is 4.51. The number of aromatic nitrogens is 4. The number of nitrogens with zero attached hydrogens (tertiary/aromatic N) is 3. The maximum absolute atomic E-state index is 14.0. The summed E-state index contributed by atoms with van der Waals surface area (Å²) in [5.41, 5.74) is 0.0462. The van der Waals surface area contributed by atoms with Crippen LogP contribution in [0.4, 0.5) is 4.39 Å². The number of rotatable bonds is 3. The van der Waals surface area contributed by atoms with E-state index in [1.54, 1.807) is 0 Å². The third kappa shape index (κ3) is 1.74. The average molecular weight is 284 g/mol. The molecule has 1 fully saturated rings. The molecule has 0 aliphatic carbocycles. The lowest BCUT2D eigenvalue weighted by molar-refractivity contribution is -0.259. The molecule has 9 heteroatoms. The van der Waals surface area contributed by atoms with Crippen molar-refractivity contribution in [3.05, 3.63) is 23.0 Å². The van der Waals surface area contributed by atoms with Crippen molar-refractivity contribution in [1.29, 1.82) is 0 Å². The van der Waals surface area contributed by atoms with Gasteiger partial charge in [0.15, 0.2) is 17.3 Å². The Hall–Kier alpha value is -1.84. The zero-order chi connectivity index (χ0) is 14.3. The minimum atomic E-state index is -1.69. The number of alkyl halides is 1. The third-order valence-electron chi connectivity index (χ3n) is 3.46. The van der Waals surface area contributed by atoms with E-state index in [-0.39, 0.29) is 23.1 Å². The summed E-state index contributed by atoms with van der Waals surface area (Å²) in [5, 5.41) is 9.27. The van der Waals surface area contributed by atoms with E-state index in [2.05, 4.69) is 15.0 Å². The number of hydrogen-bond donors (Lipinski definition) is 2. The Morgan fingerprint density at radius 3 is 3.15 bits per heavy atom. The third-order valence-corrected chi connectivity index (χ3v) is 3.46. The molecule has 8 nitrogen and oxygen atoms in total. The van der Waals surface area contributed by atoms with Crippen molar-refractivity contribution in [2.24, 2.45) is 0 Å². The number of hydrogen-bond acceptors (Lipinski definition) is 6. The molecule has 0 spiro atoms. The summed E-state index contributed by atoms with van der Waals surface area (Å²) in [7, 11) is 1.26. The fraction of sp³-hybridized carbons (Fsp3) is 0.545. The standard InChI is InChI=1S/C11H13FN4O4/c1-19-11(3-17)6(12)2-7(20-11)16-5-15-8-9(16)13-4-14-10(8)18/h4-7,17H,2-3H2,1H3,(H,13,14,18)/t6-,7+,11+/m0/s1. The molecule has 3 rings (SSSR count). The monoisotopic (exact) mass is 284 g/mol. The molecule has 2 N–H and O–H groups in total. The summed E-state index contributed by atoms with van der Waals surface area (Å²) < 4.78 is 25.9. The van der Waals surface area contributed by atoms with E-state index in [0.717, 1.165) is 0 Å². The van der Waals surface area contributed by atoms with E-state index in [9.17, 15) is 14.3 Å². The van der Waals surface area contributed by atoms with Crippen LogP contribution < -0.4 is 5.56 Å². The second kappa shape index (κ2) is 4.62. The smallest absolute Gasteiger partial charge is 0.278 e. The lowest BCUT2D eigenvalue weighted by Gasteiger charge is -2.26. The van der Waals surface area contributed by atoms with Gasteiger partial charge in [0.05, 0.1) is 12.7 Å². The number of imidazole rings is 1. The highest BCUT2D eigenvalue weighted by Crippen LogP contribution is 2.39. The number of fused-ring (bicyclic) bond motifs is 1. The summed E-state index contributed by atoms with van der Waals surface area (Å²) in [5.74, 6) is -1.69. The van der Waals surface area contributed by atoms with Crippen LogP contribution in [0.1, 0.15) is 12.6 Å². The molecule has 0 bridgehead atoms. The Labute approximate surface area is 112 Å². The zero-order valence-corrected chi connectivity index (χ0v) is 10.6. The number of nitrogens with one attached hydrogen (secondary N) is 1. The molecule has 0 saturated carbocycles. The van der Waals surface area contributed by atoms with Crippen molar-refractivity contribution < 1.29 is 19.0 Å². The largest absolute Gasteiger partial charge is 0.391 e. The van der Waals surface area contributed by atoms with Gasteiger partial charge < -0.3 is 19.6 Å². The number of H-pyrrole nitrogens is 1. The van der Waals surface area contributed by atoms with E-state index in [1.165, 1.54) is 24.3 Å². The summed E-state index contributed by atoms with van der Waals surface area (Å²) in [4.78, 5) is 21.9. The predicted molar refractivity (Wildman–Crippen MR) is 64.6 cm³/mol. The molecule has 1 saturated heterocycles. The van der Waals surface area contributed by atoms with Crippen LogP contribution in [0.5, 0.6) is 0 Å². The molecule has 0 unspecified atom stereocenters. The van der Waals surface area contributed by atoms with E-state index >= 15 is 0 Å². The van der Waals surface area contributed by atoms with Crippen LogP contribution in [0.15, 0.2) is 17.4 Å². The molecule has 20 heavy (non-hydrogen) atoms. The number of aliphatic hydroxyl groups is 1. The van der Waals surface area contributed by atoms with Gasteiger partial charge >= 0.3 is 0 Å². The highest BCUT2D eigenvalue weighted by Gasteiger charge is 2.50. The van der Waals surface area contributed by atoms with Crippen LogP contribution in [0.25, 0.3) is 11.2 Å². The summed E-state index contributed by atoms with van der Waals surface area (Å²) in [6, 6.07) is 0. The van der Waals surface area contributed by atoms with Crippen molar-refractivity contribution in [3.8, 4) is 0 Å². The van der Waals surface area contributed by atoms with Crippen LogP contribution in [0, 0.1) is 0 Å². The normalized spacial score (nSPS) is 30.1. The number of ether oxygens (including phenoxy) is 2. The molecular weight excluding hydrogens is 271 g/mol. The molecule has 0 radical (unpaired) electrons. The Balaban J connectivity index is 2.01. The van der Waals surface area contributed by atoms with Gasteiger partial charge in [-0.3, -0.25) is 9.36 Å². The number of aliphatic hydroxyl groups excluding tert-OH is 1. The van der Waals surface area contributed by atoms with Crippen molar-refractivity contribution >= 4 is 11.2 Å². The van der Waals surface area contributed by atoms with Gasteiger partial charge in [0, 0.05) is 13.5 Å². The first kappa shape index (κ1) is 13.2. The van der Waals surface area contributed by atoms with Gasteiger partial charge in [-0.1, -0.05) is 0 Å². The molecule has 1 aliphatic heterocycles. The first-order chi connectivity index (χ1) is 9.61. The molecule has 3 atom stereocenters. The lowest BCUT2D eigenvalue weighted by atomic mass is 10.1. The fourth-order valence-corrected chi connectivity index (χ4v) is 2.33. The van der Waals surface area contributed by atoms with Gasteiger partial charge in [-0.05, 0) is 0 Å². The predicted octanol–water partition coefficient (Wildman–Crippen LogP) is -0.288. The SMILES string of the molecule is CO[C@]1(CO)O[C@@H](n2cnc3c(=O)[nH]cnc32)C[C@@H]1F. The van der Waals surface area contributed by atoms with E-state index in [4.69, 9.17) is 9.47 Å². The van der Waals surface area contributed by atoms with Crippen LogP contribution in [0.2, 0.25) is 0 Å². The molecule has 0 amide bonds. The van der Waals surface area contributed by atoms with Gasteiger partial charge in [-0.25, -0.2) is 14.4 Å². The summed E-state index contributed by atoms with van der Waals surface area (Å²) >= 11 is 0. The summed E-state index contributed by atoms with van der Waals surface area (Å²) in [6.45, 7) is -0.609. The van der Waals surface area contributed by atoms with E-state index < -0.39 is 24.8 Å². The minimum absolute atomic E-state index is 0.0334. The average Bonchev–Trinajstić information content (AvgIpc) is 3.01. The van der Waals surface area contributed by atoms with Crippen LogP contribution >= 0.6 is 0 Å². The Kier molecular flexibility index (Phi) is 3.04. The number of aromatic amines is 1. The minimum Gasteiger partial charge on any atom is -0.391 e. The topological polar surface area (TPSA) is 102 Å². The Morgan fingerprint density at radius 1 is 1.70 bits per heavy atom. The van der Waals surface area contributed by atoms with Crippen molar-refractivity contribution in [1.82, 2.24) is 19.5 Å². The second-order valence-corrected chi connectivity index (χ2v) is 4.51. The highest BCUT2D eigenvalue weighted by molar-refractivity contribution is 5.68. The van der Waals surface area contributed by atoms with E-state index in [1.807, 2.05) is 0 Å². The molecule has 2 aromatic rings. The Morgan fingerprint density at radius 2 is 2.50 bits per heavy atom. The van der Waals surface area contributed by atoms with Gasteiger partial charge in [0.25, 0.3) is 5.56 Å². The van der Waals surface area contributed by atoms with Crippen molar-refractivity contribution in [3.63, 3.8) is 0 Å². The molecule has 1 aliphatic rings. The van der Waals surface area contributed by atoms with Gasteiger partial charge in [0.1, 0.15) is 12.8 Å². The maximum Gasteiger partial charge on any atom is 0.278 e. The molecule has 2 aromatic heterocycles. The van der Waals surface area contributed by atoms with Gasteiger partial charge in [-0.15, -0.1) is 0 Å². The molecule has 108 valence electrons. The Bertz CT molecular complexity index is 680. The maximum atomic E-state index is 14.0. The van der Waals surface area contributed by atoms with Crippen molar-refractivity contribution in [2.75, 3.05) is 13.7 Å². The van der Waals surface area contributed by atoms with Gasteiger partial charge in [-0.2, -0.15) is 0 Å². The van der Waals surface area contributed by atoms with Crippen LogP contribution in [-0.2, 0) is 9.47 Å². The molecule has 3 heterocycles. The quantitative estimate of drug-likeness (QED) is 0.803. The van der Waals surface area contributed by atoms with Crippen LogP contribution in [0.3, 0.4) is 0 Å². The number of halogens is 1. The van der Waals surface area contributed by atoms with Crippen LogP contribution in [-0.4, -0.2) is 50.3 Å². The molecule has 0 aromatic carbocycles. The van der Waals surface area contributed by atoms with Gasteiger partial charge in [0.2, 0.25) is 5.79 Å². The summed E-state index contributed by atoms with van der Waals surface area (Å²) in [6.07, 6.45) is 0.306. The fourth-order valence-electron chi connectivity index (χ4n) is 2.33. The first-order valence-corrected chi connectivity index (χ1v) is 5.99. The molecular formula is C11H13FN4O4. The lowest BCUT2D eigenvalue weighted by Crippen LogP contribution is -2.42. The van der Waals surface area contributed by atoms with Crippen molar-refractivity contribution in [2.45, 2.75) is 24.6 Å². The first-order valence-electron chi connectivity index (χ1n) is 5.99. The number of methoxy groups -OCH3 is 1. The van der Waals surface area contributed by atoms with E-state index in [0.29, 0.717) is 0 Å². The zero-order valence-electron chi connectivity index (χ0n) is 10.6.